The summed E-state index contributed by atoms with van der Waals surface area (Å²) in [5.41, 5.74) is 2.89. The third kappa shape index (κ3) is 2.39. The maximum Gasteiger partial charge on any atom is 0.253 e. The zero-order valence-electron chi connectivity index (χ0n) is 12.3. The number of aromatic nitrogens is 6. The summed E-state index contributed by atoms with van der Waals surface area (Å²) < 4.78 is 1.46. The molecule has 0 radical (unpaired) electrons. The smallest absolute Gasteiger partial charge is 0.253 e. The van der Waals surface area contributed by atoms with Gasteiger partial charge in [-0.15, -0.1) is 5.10 Å². The van der Waals surface area contributed by atoms with Crippen LogP contribution in [0.15, 0.2) is 42.6 Å². The molecule has 0 spiro atoms. The van der Waals surface area contributed by atoms with Crippen LogP contribution in [-0.4, -0.2) is 35.9 Å². The highest BCUT2D eigenvalue weighted by Gasteiger charge is 2.15. The number of imidazole rings is 1. The van der Waals surface area contributed by atoms with Crippen molar-refractivity contribution in [3.63, 3.8) is 0 Å². The number of pyridine rings is 1. The molecule has 0 aliphatic heterocycles. The molecule has 1 atom stereocenters. The molecule has 23 heavy (non-hydrogen) atoms. The second kappa shape index (κ2) is 5.16. The second-order valence-electron chi connectivity index (χ2n) is 5.23. The molecule has 3 aromatic heterocycles. The van der Waals surface area contributed by atoms with Gasteiger partial charge in [-0.05, 0) is 41.6 Å². The van der Waals surface area contributed by atoms with Gasteiger partial charge in [-0.2, -0.15) is 4.52 Å². The van der Waals surface area contributed by atoms with Gasteiger partial charge < -0.3 is 10.3 Å². The Morgan fingerprint density at radius 1 is 1.26 bits per heavy atom. The Hall–Kier alpha value is -3.29. The minimum Gasteiger partial charge on any atom is -0.342 e. The Labute approximate surface area is 130 Å². The van der Waals surface area contributed by atoms with Gasteiger partial charge in [-0.25, -0.2) is 4.98 Å². The van der Waals surface area contributed by atoms with E-state index in [1.807, 2.05) is 31.2 Å². The van der Waals surface area contributed by atoms with Crippen LogP contribution >= 0.6 is 0 Å². The van der Waals surface area contributed by atoms with Gasteiger partial charge >= 0.3 is 0 Å². The highest BCUT2D eigenvalue weighted by Crippen LogP contribution is 2.16. The van der Waals surface area contributed by atoms with E-state index in [1.54, 1.807) is 18.3 Å². The summed E-state index contributed by atoms with van der Waals surface area (Å²) in [5.74, 6) is 0.499. The van der Waals surface area contributed by atoms with E-state index in [-0.39, 0.29) is 11.9 Å². The SMILES string of the molecule is C[C@H](NC(=O)c1ccc2nnnn2c1)c1nc2ccccc2[nH]1. The number of benzene rings is 1. The molecule has 4 rings (SSSR count). The minimum absolute atomic E-state index is 0.213. The first-order valence-corrected chi connectivity index (χ1v) is 7.14. The zero-order valence-corrected chi connectivity index (χ0v) is 12.3. The summed E-state index contributed by atoms with van der Waals surface area (Å²) in [5, 5.41) is 14.1. The first-order valence-electron chi connectivity index (χ1n) is 7.14. The van der Waals surface area contributed by atoms with E-state index in [0.717, 1.165) is 11.0 Å². The van der Waals surface area contributed by atoms with Crippen LogP contribution in [-0.2, 0) is 0 Å². The van der Waals surface area contributed by atoms with E-state index in [2.05, 4.69) is 30.8 Å². The molecule has 114 valence electrons. The number of nitrogens with one attached hydrogen (secondary N) is 2. The number of fused-ring (bicyclic) bond motifs is 2. The van der Waals surface area contributed by atoms with Crippen molar-refractivity contribution in [2.45, 2.75) is 13.0 Å². The van der Waals surface area contributed by atoms with Gasteiger partial charge in [0, 0.05) is 6.20 Å². The maximum atomic E-state index is 12.4. The molecule has 3 heterocycles. The predicted octanol–water partition coefficient (Wildman–Crippen LogP) is 1.49. The van der Waals surface area contributed by atoms with Crippen LogP contribution in [0.5, 0.6) is 0 Å². The molecule has 1 aromatic carbocycles. The van der Waals surface area contributed by atoms with E-state index < -0.39 is 0 Å². The fourth-order valence-corrected chi connectivity index (χ4v) is 2.40. The average Bonchev–Trinajstić information content (AvgIpc) is 3.20. The summed E-state index contributed by atoms with van der Waals surface area (Å²) in [6, 6.07) is 10.9. The molecule has 0 fully saturated rings. The van der Waals surface area contributed by atoms with Crippen molar-refractivity contribution in [3.05, 3.63) is 54.0 Å². The second-order valence-corrected chi connectivity index (χ2v) is 5.23. The lowest BCUT2D eigenvalue weighted by atomic mass is 10.2. The van der Waals surface area contributed by atoms with Crippen LogP contribution in [0.25, 0.3) is 16.7 Å². The average molecular weight is 307 g/mol. The number of tetrazole rings is 1. The predicted molar refractivity (Wildman–Crippen MR) is 82.8 cm³/mol. The molecule has 0 saturated heterocycles. The van der Waals surface area contributed by atoms with E-state index in [9.17, 15) is 4.79 Å². The van der Waals surface area contributed by atoms with Gasteiger partial charge in [-0.1, -0.05) is 12.1 Å². The Morgan fingerprint density at radius 2 is 2.13 bits per heavy atom. The number of rotatable bonds is 3. The van der Waals surface area contributed by atoms with Crippen LogP contribution in [0.3, 0.4) is 0 Å². The number of para-hydroxylation sites is 2. The van der Waals surface area contributed by atoms with Crippen LogP contribution in [0.1, 0.15) is 29.1 Å². The molecule has 0 bridgehead atoms. The molecule has 1 amide bonds. The van der Waals surface area contributed by atoms with Crippen LogP contribution in [0, 0.1) is 0 Å². The third-order valence-electron chi connectivity index (χ3n) is 3.62. The lowest BCUT2D eigenvalue weighted by molar-refractivity contribution is 0.0938. The first kappa shape index (κ1) is 13.4. The summed E-state index contributed by atoms with van der Waals surface area (Å²) in [6.07, 6.45) is 1.59. The number of nitrogens with zero attached hydrogens (tertiary/aromatic N) is 5. The highest BCUT2D eigenvalue weighted by atomic mass is 16.1. The zero-order chi connectivity index (χ0) is 15.8. The summed E-state index contributed by atoms with van der Waals surface area (Å²) in [7, 11) is 0. The molecule has 0 saturated carbocycles. The maximum absolute atomic E-state index is 12.4. The van der Waals surface area contributed by atoms with Gasteiger partial charge in [-0.3, -0.25) is 4.79 Å². The van der Waals surface area contributed by atoms with Gasteiger partial charge in [0.25, 0.3) is 5.91 Å². The number of amides is 1. The van der Waals surface area contributed by atoms with Crippen molar-refractivity contribution >= 4 is 22.6 Å². The van der Waals surface area contributed by atoms with Crippen LogP contribution in [0.4, 0.5) is 0 Å². The van der Waals surface area contributed by atoms with Gasteiger partial charge in [0.05, 0.1) is 22.6 Å². The van der Waals surface area contributed by atoms with Crippen LogP contribution < -0.4 is 5.32 Å². The van der Waals surface area contributed by atoms with Crippen LogP contribution in [0.2, 0.25) is 0 Å². The van der Waals surface area contributed by atoms with E-state index in [1.165, 1.54) is 4.52 Å². The van der Waals surface area contributed by atoms with Crippen molar-refractivity contribution in [1.29, 1.82) is 0 Å². The Morgan fingerprint density at radius 3 is 3.00 bits per heavy atom. The molecule has 0 aliphatic rings. The lowest BCUT2D eigenvalue weighted by Gasteiger charge is -2.11. The molecular formula is C15H13N7O. The van der Waals surface area contributed by atoms with E-state index >= 15 is 0 Å². The quantitative estimate of drug-likeness (QED) is 0.597. The van der Waals surface area contributed by atoms with Gasteiger partial charge in [0.2, 0.25) is 0 Å². The fourth-order valence-electron chi connectivity index (χ4n) is 2.40. The lowest BCUT2D eigenvalue weighted by Crippen LogP contribution is -2.27. The molecule has 8 heteroatoms. The molecular weight excluding hydrogens is 294 g/mol. The Bertz CT molecular complexity index is 970. The number of carbonyl (C=O) groups excluding carboxylic acids is 1. The topological polar surface area (TPSA) is 101 Å². The summed E-state index contributed by atoms with van der Waals surface area (Å²) in [6.45, 7) is 1.88. The molecule has 4 aromatic rings. The van der Waals surface area contributed by atoms with Gasteiger partial charge in [0.1, 0.15) is 5.82 Å². The molecule has 8 nitrogen and oxygen atoms in total. The number of aromatic amines is 1. The third-order valence-corrected chi connectivity index (χ3v) is 3.62. The minimum atomic E-state index is -0.250. The monoisotopic (exact) mass is 307 g/mol. The van der Waals surface area contributed by atoms with Crippen molar-refractivity contribution < 1.29 is 4.79 Å². The standard InChI is InChI=1S/C15H13N7O/c1-9(14-17-11-4-2-3-5-12(11)18-14)16-15(23)10-6-7-13-19-20-21-22(13)8-10/h2-9H,1H3,(H,16,23)(H,17,18)/t9-/m0/s1. The van der Waals surface area contributed by atoms with Crippen molar-refractivity contribution in [1.82, 2.24) is 35.3 Å². The molecule has 0 aliphatic carbocycles. The fraction of sp³-hybridized carbons (Fsp3) is 0.133. The van der Waals surface area contributed by atoms with E-state index in [4.69, 9.17) is 0 Å². The first-order chi connectivity index (χ1) is 11.2. The Kier molecular flexibility index (Phi) is 3.00. The molecule has 2 N–H and O–H groups in total. The van der Waals surface area contributed by atoms with E-state index in [0.29, 0.717) is 17.0 Å². The van der Waals surface area contributed by atoms with Crippen molar-refractivity contribution in [3.8, 4) is 0 Å². The number of hydrogen-bond acceptors (Lipinski definition) is 5. The Balaban J connectivity index is 1.57. The molecule has 0 unspecified atom stereocenters. The largest absolute Gasteiger partial charge is 0.342 e. The number of H-pyrrole nitrogens is 1. The summed E-state index contributed by atoms with van der Waals surface area (Å²) >= 11 is 0. The normalized spacial score (nSPS) is 12.6. The number of carbonyl (C=O) groups is 1. The highest BCUT2D eigenvalue weighted by molar-refractivity contribution is 5.94. The van der Waals surface area contributed by atoms with Crippen molar-refractivity contribution in [2.24, 2.45) is 0 Å². The van der Waals surface area contributed by atoms with Crippen molar-refractivity contribution in [2.75, 3.05) is 0 Å². The number of hydrogen-bond donors (Lipinski definition) is 2. The summed E-state index contributed by atoms with van der Waals surface area (Å²) in [4.78, 5) is 20.1. The van der Waals surface area contributed by atoms with Gasteiger partial charge in [0.15, 0.2) is 5.65 Å².